The zero-order valence-corrected chi connectivity index (χ0v) is 9.60. The standard InChI is InChI=1S/C10H13BrFNO/c1-2-14-10-4-3-8(5-9(10)12)6-13-7-11/h3-5,13H,2,6-7H2,1H3. The second-order valence-corrected chi connectivity index (χ2v) is 3.32. The summed E-state index contributed by atoms with van der Waals surface area (Å²) in [7, 11) is 0. The molecule has 0 heterocycles. The van der Waals surface area contributed by atoms with Crippen LogP contribution in [0.5, 0.6) is 5.75 Å². The molecule has 4 heteroatoms. The molecule has 0 fully saturated rings. The molecule has 0 unspecified atom stereocenters. The lowest BCUT2D eigenvalue weighted by Gasteiger charge is -2.06. The van der Waals surface area contributed by atoms with Crippen LogP contribution in [0.25, 0.3) is 0 Å². The summed E-state index contributed by atoms with van der Waals surface area (Å²) >= 11 is 3.24. The second-order valence-electron chi connectivity index (χ2n) is 2.76. The van der Waals surface area contributed by atoms with E-state index in [4.69, 9.17) is 4.74 Å². The van der Waals surface area contributed by atoms with Gasteiger partial charge < -0.3 is 10.1 Å². The van der Waals surface area contributed by atoms with Gasteiger partial charge in [0.1, 0.15) is 0 Å². The molecule has 0 saturated carbocycles. The third-order valence-electron chi connectivity index (χ3n) is 1.72. The van der Waals surface area contributed by atoms with Crippen LogP contribution >= 0.6 is 15.9 Å². The van der Waals surface area contributed by atoms with Crippen molar-refractivity contribution in [3.8, 4) is 5.75 Å². The van der Waals surface area contributed by atoms with Gasteiger partial charge in [-0.1, -0.05) is 22.0 Å². The quantitative estimate of drug-likeness (QED) is 0.650. The summed E-state index contributed by atoms with van der Waals surface area (Å²) in [5, 5.41) is 3.05. The Morgan fingerprint density at radius 1 is 1.50 bits per heavy atom. The molecule has 1 rings (SSSR count). The first kappa shape index (κ1) is 11.5. The molecule has 78 valence electrons. The van der Waals surface area contributed by atoms with Crippen molar-refractivity contribution in [2.24, 2.45) is 0 Å². The highest BCUT2D eigenvalue weighted by Crippen LogP contribution is 2.18. The zero-order chi connectivity index (χ0) is 10.4. The Labute approximate surface area is 91.6 Å². The SMILES string of the molecule is CCOc1ccc(CNCBr)cc1F. The van der Waals surface area contributed by atoms with Crippen LogP contribution < -0.4 is 10.1 Å². The van der Waals surface area contributed by atoms with Crippen molar-refractivity contribution in [1.29, 1.82) is 0 Å². The van der Waals surface area contributed by atoms with Gasteiger partial charge >= 0.3 is 0 Å². The fourth-order valence-electron chi connectivity index (χ4n) is 1.12. The Morgan fingerprint density at radius 3 is 2.86 bits per heavy atom. The van der Waals surface area contributed by atoms with Crippen molar-refractivity contribution < 1.29 is 9.13 Å². The van der Waals surface area contributed by atoms with Crippen LogP contribution in [0.4, 0.5) is 4.39 Å². The van der Waals surface area contributed by atoms with Gasteiger partial charge in [-0.3, -0.25) is 0 Å². The number of benzene rings is 1. The van der Waals surface area contributed by atoms with Crippen LogP contribution in [0.2, 0.25) is 0 Å². The second kappa shape index (κ2) is 5.98. The molecule has 0 amide bonds. The third-order valence-corrected chi connectivity index (χ3v) is 2.12. The Hall–Kier alpha value is -0.610. The predicted molar refractivity (Wildman–Crippen MR) is 58.2 cm³/mol. The number of hydrogen-bond acceptors (Lipinski definition) is 2. The van der Waals surface area contributed by atoms with E-state index >= 15 is 0 Å². The number of nitrogens with one attached hydrogen (secondary N) is 1. The molecular weight excluding hydrogens is 249 g/mol. The maximum atomic E-state index is 13.3. The fourth-order valence-corrected chi connectivity index (χ4v) is 1.32. The van der Waals surface area contributed by atoms with Gasteiger partial charge in [0.25, 0.3) is 0 Å². The first-order chi connectivity index (χ1) is 6.77. The van der Waals surface area contributed by atoms with Gasteiger partial charge in [0, 0.05) is 6.54 Å². The Morgan fingerprint density at radius 2 is 2.29 bits per heavy atom. The summed E-state index contributed by atoms with van der Waals surface area (Å²) in [5.74, 6) is 0.0100. The number of ether oxygens (including phenoxy) is 1. The molecule has 2 nitrogen and oxygen atoms in total. The van der Waals surface area contributed by atoms with E-state index in [9.17, 15) is 4.39 Å². The van der Waals surface area contributed by atoms with Gasteiger partial charge in [-0.05, 0) is 24.6 Å². The van der Waals surface area contributed by atoms with E-state index in [0.717, 1.165) is 5.56 Å². The molecule has 0 spiro atoms. The summed E-state index contributed by atoms with van der Waals surface area (Å²) in [5.41, 5.74) is 1.60. The van der Waals surface area contributed by atoms with Crippen molar-refractivity contribution >= 4 is 15.9 Å². The van der Waals surface area contributed by atoms with E-state index in [-0.39, 0.29) is 5.82 Å². The van der Waals surface area contributed by atoms with E-state index in [1.54, 1.807) is 6.07 Å². The highest BCUT2D eigenvalue weighted by atomic mass is 79.9. The normalized spacial score (nSPS) is 10.2. The molecule has 0 aliphatic rings. The molecule has 0 bridgehead atoms. The first-order valence-electron chi connectivity index (χ1n) is 4.45. The van der Waals surface area contributed by atoms with Gasteiger partial charge in [0.2, 0.25) is 0 Å². The molecule has 0 atom stereocenters. The number of hydrogen-bond donors (Lipinski definition) is 1. The van der Waals surface area contributed by atoms with Gasteiger partial charge in [0.05, 0.1) is 12.1 Å². The summed E-state index contributed by atoms with van der Waals surface area (Å²) in [6.45, 7) is 2.96. The lowest BCUT2D eigenvalue weighted by molar-refractivity contribution is 0.321. The van der Waals surface area contributed by atoms with Crippen LogP contribution in [0, 0.1) is 5.82 Å². The van der Waals surface area contributed by atoms with E-state index in [1.165, 1.54) is 6.07 Å². The summed E-state index contributed by atoms with van der Waals surface area (Å²) in [6.07, 6.45) is 0. The lowest BCUT2D eigenvalue weighted by atomic mass is 10.2. The molecule has 1 N–H and O–H groups in total. The molecule has 0 radical (unpaired) electrons. The summed E-state index contributed by atoms with van der Waals surface area (Å²) in [6, 6.07) is 4.99. The van der Waals surface area contributed by atoms with Gasteiger partial charge in [0.15, 0.2) is 11.6 Å². The highest BCUT2D eigenvalue weighted by Gasteiger charge is 2.03. The van der Waals surface area contributed by atoms with Crippen LogP contribution in [-0.4, -0.2) is 12.1 Å². The average molecular weight is 262 g/mol. The lowest BCUT2D eigenvalue weighted by Crippen LogP contribution is -2.10. The maximum Gasteiger partial charge on any atom is 0.165 e. The van der Waals surface area contributed by atoms with Crippen molar-refractivity contribution in [2.45, 2.75) is 13.5 Å². The predicted octanol–water partition coefficient (Wildman–Crippen LogP) is 2.67. The van der Waals surface area contributed by atoms with Crippen LogP contribution in [-0.2, 0) is 6.54 Å². The van der Waals surface area contributed by atoms with E-state index < -0.39 is 0 Å². The number of rotatable bonds is 5. The van der Waals surface area contributed by atoms with Gasteiger partial charge in [-0.2, -0.15) is 0 Å². The first-order valence-corrected chi connectivity index (χ1v) is 5.58. The maximum absolute atomic E-state index is 13.3. The third kappa shape index (κ3) is 3.27. The van der Waals surface area contributed by atoms with Gasteiger partial charge in [-0.15, -0.1) is 0 Å². The van der Waals surface area contributed by atoms with Crippen LogP contribution in [0.1, 0.15) is 12.5 Å². The molecule has 0 aliphatic carbocycles. The number of halogens is 2. The molecule has 0 aliphatic heterocycles. The molecule has 0 saturated heterocycles. The summed E-state index contributed by atoms with van der Waals surface area (Å²) in [4.78, 5) is 0. The fraction of sp³-hybridized carbons (Fsp3) is 0.400. The molecule has 14 heavy (non-hydrogen) atoms. The van der Waals surface area contributed by atoms with Crippen LogP contribution in [0.15, 0.2) is 18.2 Å². The molecule has 0 aromatic heterocycles. The smallest absolute Gasteiger partial charge is 0.165 e. The monoisotopic (exact) mass is 261 g/mol. The average Bonchev–Trinajstić information content (AvgIpc) is 2.19. The molecule has 1 aromatic rings. The topological polar surface area (TPSA) is 21.3 Å². The van der Waals surface area contributed by atoms with Gasteiger partial charge in [-0.25, -0.2) is 4.39 Å². The minimum absolute atomic E-state index is 0.305. The summed E-state index contributed by atoms with van der Waals surface area (Å²) < 4.78 is 18.4. The van der Waals surface area contributed by atoms with E-state index in [1.807, 2.05) is 13.0 Å². The highest BCUT2D eigenvalue weighted by molar-refractivity contribution is 9.09. The largest absolute Gasteiger partial charge is 0.491 e. The van der Waals surface area contributed by atoms with Crippen molar-refractivity contribution in [1.82, 2.24) is 5.32 Å². The van der Waals surface area contributed by atoms with E-state index in [0.29, 0.717) is 24.4 Å². The Bertz CT molecular complexity index is 293. The molecular formula is C10H13BrFNO. The molecule has 1 aromatic carbocycles. The Balaban J connectivity index is 2.68. The Kier molecular flexibility index (Phi) is 4.90. The zero-order valence-electron chi connectivity index (χ0n) is 8.02. The van der Waals surface area contributed by atoms with Crippen LogP contribution in [0.3, 0.4) is 0 Å². The van der Waals surface area contributed by atoms with Crippen molar-refractivity contribution in [2.75, 3.05) is 12.1 Å². The van der Waals surface area contributed by atoms with Crippen molar-refractivity contribution in [3.63, 3.8) is 0 Å². The van der Waals surface area contributed by atoms with E-state index in [2.05, 4.69) is 21.2 Å². The van der Waals surface area contributed by atoms with Crippen molar-refractivity contribution in [3.05, 3.63) is 29.6 Å². The number of alkyl halides is 1. The minimum atomic E-state index is -0.305. The minimum Gasteiger partial charge on any atom is -0.491 e.